The molecule has 6 rings (SSSR count). The summed E-state index contributed by atoms with van der Waals surface area (Å²) in [5.74, 6) is -6.81. The molecule has 0 spiro atoms. The summed E-state index contributed by atoms with van der Waals surface area (Å²) in [6.45, 7) is -0.237. The zero-order chi connectivity index (χ0) is 65.6. The Balaban J connectivity index is 1.03. The number of amides is 2. The Morgan fingerprint density at radius 2 is 0.967 bits per heavy atom. The second-order valence-corrected chi connectivity index (χ2v) is 24.8. The summed E-state index contributed by atoms with van der Waals surface area (Å²) in [6.07, 6.45) is 5.01. The number of hydrogen-bond donors (Lipinski definition) is 2. The number of halogens is 2. The van der Waals surface area contributed by atoms with Gasteiger partial charge in [-0.25, -0.2) is 9.78 Å². The van der Waals surface area contributed by atoms with Gasteiger partial charge < -0.3 is 38.6 Å². The zero-order valence-electron chi connectivity index (χ0n) is 51.8. The van der Waals surface area contributed by atoms with Gasteiger partial charge in [-0.05, 0) is 85.3 Å². The van der Waals surface area contributed by atoms with Crippen molar-refractivity contribution in [1.29, 1.82) is 0 Å². The minimum atomic E-state index is -4.24. The predicted octanol–water partition coefficient (Wildman–Crippen LogP) is 13.5. The number of carbonyl (C=O) groups excluding carboxylic acids is 8. The monoisotopic (exact) mass is 1300 g/mol. The second-order valence-electron chi connectivity index (χ2n) is 22.3. The molecule has 18 nitrogen and oxygen atoms in total. The highest BCUT2D eigenvalue weighted by atomic mass is 35.5. The normalized spacial score (nSPS) is 12.7. The number of carbonyl (C=O) groups is 8. The van der Waals surface area contributed by atoms with E-state index in [4.69, 9.17) is 39.6 Å². The first kappa shape index (κ1) is 72.8. The quantitative estimate of drug-likeness (QED) is 0.00901. The molecule has 1 unspecified atom stereocenters. The number of Topliss-reactive ketones (excluding diaryl/α,β-unsaturated/α-hetero) is 2. The molecule has 6 aromatic rings. The van der Waals surface area contributed by atoms with Crippen LogP contribution in [0, 0.1) is 17.8 Å². The number of ether oxygens (including phenoxy) is 4. The molecule has 1 aromatic heterocycles. The van der Waals surface area contributed by atoms with Crippen LogP contribution in [0.25, 0.3) is 0 Å². The van der Waals surface area contributed by atoms with E-state index < -0.39 is 67.4 Å². The average molecular weight is 1300 g/mol. The number of pyridine rings is 1. The number of aromatic nitrogens is 1. The molecular formula is C71H82ClFN3O15P. The topological polar surface area (TPSA) is 246 Å². The third-order valence-electron chi connectivity index (χ3n) is 14.9. The summed E-state index contributed by atoms with van der Waals surface area (Å²) in [5, 5.41) is 5.45. The highest BCUT2D eigenvalue weighted by molar-refractivity contribution is 7.53. The molecule has 0 aliphatic carbocycles. The number of hydrogen-bond acceptors (Lipinski definition) is 16. The lowest BCUT2D eigenvalue weighted by Crippen LogP contribution is -2.42. The van der Waals surface area contributed by atoms with E-state index in [9.17, 15) is 47.3 Å². The molecule has 21 heteroatoms. The Kier molecular flexibility index (Phi) is 32.7. The molecule has 0 saturated carbocycles. The highest BCUT2D eigenvalue weighted by Gasteiger charge is 2.35. The van der Waals surface area contributed by atoms with Gasteiger partial charge in [0, 0.05) is 56.8 Å². The molecule has 1 heterocycles. The lowest BCUT2D eigenvalue weighted by atomic mass is 9.94. The van der Waals surface area contributed by atoms with Crippen molar-refractivity contribution in [2.24, 2.45) is 11.8 Å². The van der Waals surface area contributed by atoms with Crippen LogP contribution >= 0.6 is 19.2 Å². The number of unbranched alkanes of at least 4 members (excludes halogenated alkanes) is 5. The molecule has 2 N–H and O–H groups in total. The minimum Gasteiger partial charge on any atom is -0.461 e. The molecule has 92 heavy (non-hydrogen) atoms. The number of benzene rings is 5. The standard InChI is InChI=1S/C71H82ClFN3O15P/c72-62-45-60(46-75-68(62)73)64(78)36-20-1-2-21-37-65(79)74-42-22-8-19-34-61(77)44-58(69(82)87-48-54-26-11-4-12-27-54)38-40-66(80)76-63(71(84)89-50-56-30-15-6-16-31-56)35-23-43-90-92(85,91-51-57-32-17-7-18-33-57)52-59(70(83)88-49-55-28-13-5-14-29-55)39-41-67(81)86-47-53-24-9-3-10-25-53/h3-7,9-18,24-33,45-46,58-59,63H,1-2,8,19-23,34-44,47-52H2,(H,74,79)(H,76,80)/t58-,59-,63+,92?/m1/s1/i73-1. The molecular weight excluding hydrogens is 1220 g/mol. The van der Waals surface area contributed by atoms with Crippen LogP contribution in [-0.4, -0.2) is 77.6 Å². The first-order valence-electron chi connectivity index (χ1n) is 31.3. The van der Waals surface area contributed by atoms with Crippen LogP contribution in [0.3, 0.4) is 0 Å². The smallest absolute Gasteiger partial charge is 0.331 e. The zero-order valence-corrected chi connectivity index (χ0v) is 53.4. The van der Waals surface area contributed by atoms with E-state index in [-0.39, 0.29) is 125 Å². The SMILES string of the molecule is O=C(CCCCCNC(=O)CCCCCCC(=O)c1cnc([18F])c(Cl)c1)C[C@@H](CCC(=O)N[C@@H](CCCOP(=O)(C[C@@H](CCC(=O)OCc1ccccc1)C(=O)OCc1ccccc1)OCc1ccccc1)C(=O)OCc1ccccc1)C(=O)OCc1ccccc1. The Bertz CT molecular complexity index is 3300. The molecule has 0 aliphatic heterocycles. The minimum absolute atomic E-state index is 0.0172. The molecule has 0 bridgehead atoms. The molecule has 0 aliphatic rings. The van der Waals surface area contributed by atoms with Crippen molar-refractivity contribution in [3.05, 3.63) is 208 Å². The van der Waals surface area contributed by atoms with Crippen LogP contribution in [0.15, 0.2) is 164 Å². The van der Waals surface area contributed by atoms with Gasteiger partial charge in [-0.1, -0.05) is 183 Å². The average Bonchev–Trinajstić information content (AvgIpc) is 1.19. The van der Waals surface area contributed by atoms with Crippen molar-refractivity contribution in [3.63, 3.8) is 0 Å². The van der Waals surface area contributed by atoms with Gasteiger partial charge >= 0.3 is 31.5 Å². The second kappa shape index (κ2) is 41.3. The Morgan fingerprint density at radius 3 is 1.52 bits per heavy atom. The van der Waals surface area contributed by atoms with Gasteiger partial charge in [0.2, 0.25) is 17.8 Å². The summed E-state index contributed by atoms with van der Waals surface area (Å²) in [5.41, 5.74) is 3.83. The van der Waals surface area contributed by atoms with E-state index in [1.165, 1.54) is 12.3 Å². The maximum absolute atomic E-state index is 15.0. The molecule has 2 amide bonds. The summed E-state index contributed by atoms with van der Waals surface area (Å²) >= 11 is 5.74. The van der Waals surface area contributed by atoms with Gasteiger partial charge in [0.1, 0.15) is 38.3 Å². The van der Waals surface area contributed by atoms with Crippen LogP contribution in [0.1, 0.15) is 147 Å². The first-order valence-corrected chi connectivity index (χ1v) is 33.4. The van der Waals surface area contributed by atoms with Gasteiger partial charge in [0.25, 0.3) is 0 Å². The van der Waals surface area contributed by atoms with Crippen molar-refractivity contribution in [3.8, 4) is 0 Å². The third kappa shape index (κ3) is 28.9. The van der Waals surface area contributed by atoms with Crippen molar-refractivity contribution in [1.82, 2.24) is 15.6 Å². The van der Waals surface area contributed by atoms with E-state index >= 15 is 0 Å². The molecule has 0 saturated heterocycles. The summed E-state index contributed by atoms with van der Waals surface area (Å²) < 4.78 is 63.0. The lowest BCUT2D eigenvalue weighted by molar-refractivity contribution is -0.152. The van der Waals surface area contributed by atoms with Crippen LogP contribution in [0.4, 0.5) is 4.39 Å². The number of rotatable bonds is 44. The third-order valence-corrected chi connectivity index (χ3v) is 17.1. The number of esters is 4. The van der Waals surface area contributed by atoms with Crippen molar-refractivity contribution in [2.75, 3.05) is 19.3 Å². The summed E-state index contributed by atoms with van der Waals surface area (Å²) in [6, 6.07) is 45.0. The Morgan fingerprint density at radius 1 is 0.489 bits per heavy atom. The fraction of sp³-hybridized carbons (Fsp3) is 0.394. The fourth-order valence-corrected chi connectivity index (χ4v) is 11.7. The van der Waals surface area contributed by atoms with Crippen LogP contribution in [0.2, 0.25) is 5.02 Å². The molecule has 490 valence electrons. The number of nitrogens with one attached hydrogen (secondary N) is 2. The van der Waals surface area contributed by atoms with E-state index in [1.807, 2.05) is 54.6 Å². The molecule has 0 radical (unpaired) electrons. The van der Waals surface area contributed by atoms with E-state index in [0.717, 1.165) is 24.0 Å². The van der Waals surface area contributed by atoms with E-state index in [1.54, 1.807) is 97.1 Å². The van der Waals surface area contributed by atoms with Gasteiger partial charge in [-0.2, -0.15) is 4.39 Å². The number of nitrogens with zero attached hydrogens (tertiary/aromatic N) is 1. The molecule has 4 atom stereocenters. The van der Waals surface area contributed by atoms with Gasteiger partial charge in [0.05, 0.1) is 36.2 Å². The first-order chi connectivity index (χ1) is 44.6. The van der Waals surface area contributed by atoms with E-state index in [2.05, 4.69) is 15.6 Å². The summed E-state index contributed by atoms with van der Waals surface area (Å²) in [7, 11) is -4.24. The Labute approximate surface area is 542 Å². The van der Waals surface area contributed by atoms with Crippen LogP contribution in [0.5, 0.6) is 0 Å². The van der Waals surface area contributed by atoms with E-state index in [0.29, 0.717) is 61.8 Å². The van der Waals surface area contributed by atoms with Gasteiger partial charge in [-0.15, -0.1) is 0 Å². The largest absolute Gasteiger partial charge is 0.461 e. The summed E-state index contributed by atoms with van der Waals surface area (Å²) in [4.78, 5) is 110. The van der Waals surface area contributed by atoms with Crippen molar-refractivity contribution < 1.29 is 75.3 Å². The Hall–Kier alpha value is -8.22. The number of ketones is 2. The maximum atomic E-state index is 15.0. The lowest BCUT2D eigenvalue weighted by Gasteiger charge is -2.24. The predicted molar refractivity (Wildman–Crippen MR) is 344 cm³/mol. The molecule has 5 aromatic carbocycles. The molecule has 0 fully saturated rings. The van der Waals surface area contributed by atoms with Crippen molar-refractivity contribution in [2.45, 2.75) is 148 Å². The fourth-order valence-electron chi connectivity index (χ4n) is 9.64. The van der Waals surface area contributed by atoms with Crippen molar-refractivity contribution >= 4 is 66.5 Å². The van der Waals surface area contributed by atoms with Gasteiger partial charge in [-0.3, -0.25) is 38.1 Å². The van der Waals surface area contributed by atoms with Gasteiger partial charge in [0.15, 0.2) is 5.78 Å². The van der Waals surface area contributed by atoms with Crippen LogP contribution in [-0.2, 0) is 99.2 Å². The van der Waals surface area contributed by atoms with Crippen LogP contribution < -0.4 is 10.6 Å². The maximum Gasteiger partial charge on any atom is 0.331 e. The highest BCUT2D eigenvalue weighted by Crippen LogP contribution is 2.51.